The van der Waals surface area contributed by atoms with Crippen LogP contribution in [0.2, 0.25) is 0 Å². The van der Waals surface area contributed by atoms with Gasteiger partial charge >= 0.3 is 0 Å². The molecule has 54 heavy (non-hydrogen) atoms. The van der Waals surface area contributed by atoms with E-state index in [-0.39, 0.29) is 65.1 Å². The molecule has 2 atom stereocenters. The molecule has 10 nitrogen and oxygen atoms in total. The van der Waals surface area contributed by atoms with E-state index in [1.165, 1.54) is 18.6 Å². The number of methoxy groups -OCH3 is 1. The summed E-state index contributed by atoms with van der Waals surface area (Å²) in [5.74, 6) is -2.74. The summed E-state index contributed by atoms with van der Waals surface area (Å²) in [6, 6.07) is 8.96. The zero-order chi connectivity index (χ0) is 38.4. The average molecular weight is 759 g/mol. The molecular weight excluding hydrogens is 718 g/mol. The van der Waals surface area contributed by atoms with Crippen LogP contribution in [0, 0.1) is 17.5 Å². The fourth-order valence-electron chi connectivity index (χ4n) is 7.34. The summed E-state index contributed by atoms with van der Waals surface area (Å²) in [6.07, 6.45) is 1.97. The van der Waals surface area contributed by atoms with Crippen LogP contribution < -0.4 is 4.74 Å². The van der Waals surface area contributed by atoms with Gasteiger partial charge in [-0.1, -0.05) is 18.7 Å². The third kappa shape index (κ3) is 6.78. The molecule has 0 N–H and O–H groups in total. The lowest BCUT2D eigenvalue weighted by atomic mass is 9.93. The maximum atomic E-state index is 16.4. The molecule has 2 aromatic carbocycles. The maximum Gasteiger partial charge on any atom is 0.246 e. The number of fused-ring (bicyclic) bond motifs is 3. The van der Waals surface area contributed by atoms with Gasteiger partial charge in [0.25, 0.3) is 0 Å². The molecule has 0 saturated carbocycles. The Balaban J connectivity index is 1.44. The summed E-state index contributed by atoms with van der Waals surface area (Å²) >= 11 is 1.14. The average Bonchev–Trinajstić information content (AvgIpc) is 3.77. The van der Waals surface area contributed by atoms with Gasteiger partial charge in [0.15, 0.2) is 0 Å². The van der Waals surface area contributed by atoms with Gasteiger partial charge in [-0.2, -0.15) is 5.10 Å². The number of thiophene rings is 1. The zero-order valence-corrected chi connectivity index (χ0v) is 31.6. The van der Waals surface area contributed by atoms with Gasteiger partial charge in [-0.15, -0.1) is 11.3 Å². The largest absolute Gasteiger partial charge is 0.490 e. The van der Waals surface area contributed by atoms with Gasteiger partial charge in [-0.25, -0.2) is 18.2 Å². The number of carbonyl (C=O) groups excluding carboxylic acids is 2. The first-order valence-electron chi connectivity index (χ1n) is 17.7. The fourth-order valence-corrected chi connectivity index (χ4v) is 8.27. The van der Waals surface area contributed by atoms with E-state index >= 15 is 8.78 Å². The topological polar surface area (TPSA) is 93.0 Å². The van der Waals surface area contributed by atoms with E-state index in [1.54, 1.807) is 30.0 Å². The zero-order valence-electron chi connectivity index (χ0n) is 30.8. The number of benzene rings is 2. The van der Waals surface area contributed by atoms with Gasteiger partial charge in [0, 0.05) is 74.9 Å². The van der Waals surface area contributed by atoms with Crippen molar-refractivity contribution >= 4 is 33.2 Å². The van der Waals surface area contributed by atoms with Crippen LogP contribution in [0.5, 0.6) is 5.75 Å². The number of likely N-dealkylation sites (N-methyl/N-ethyl adjacent to an activating group) is 1. The third-order valence-corrected chi connectivity index (χ3v) is 11.1. The monoisotopic (exact) mass is 758 g/mol. The molecule has 0 aliphatic carbocycles. The summed E-state index contributed by atoms with van der Waals surface area (Å²) in [4.78, 5) is 35.8. The molecule has 282 valence electrons. The van der Waals surface area contributed by atoms with Gasteiger partial charge in [0.2, 0.25) is 11.8 Å². The number of nitrogens with zero attached hydrogens (tertiary/aromatic N) is 6. The SMILES string of the molecule is C=CC(=O)N1C[C@H](C)n2nc(-c3nc(-c4ccc5c(c4)CCN(CC(=O)N(C)C)C5)c4scc(F)c4c3-c3c(F)cc(F)cc3OCCOC)cc2[C@H]1C. The van der Waals surface area contributed by atoms with Gasteiger partial charge < -0.3 is 19.3 Å². The van der Waals surface area contributed by atoms with E-state index in [1.807, 2.05) is 36.7 Å². The highest BCUT2D eigenvalue weighted by Crippen LogP contribution is 2.48. The van der Waals surface area contributed by atoms with Crippen LogP contribution in [-0.2, 0) is 27.3 Å². The summed E-state index contributed by atoms with van der Waals surface area (Å²) in [5.41, 5.74) is 4.50. The highest BCUT2D eigenvalue weighted by Gasteiger charge is 2.35. The first-order chi connectivity index (χ1) is 25.9. The minimum absolute atomic E-state index is 0.0146. The lowest BCUT2D eigenvalue weighted by Gasteiger charge is -2.36. The van der Waals surface area contributed by atoms with Crippen LogP contribution in [0.3, 0.4) is 0 Å². The fraction of sp³-hybridized carbons (Fsp3) is 0.350. The number of halogens is 3. The van der Waals surface area contributed by atoms with Gasteiger partial charge in [-0.3, -0.25) is 19.2 Å². The van der Waals surface area contributed by atoms with E-state index in [9.17, 15) is 14.0 Å². The van der Waals surface area contributed by atoms with Crippen molar-refractivity contribution in [3.63, 3.8) is 0 Å². The Morgan fingerprint density at radius 1 is 1.04 bits per heavy atom. The number of hydrogen-bond acceptors (Lipinski definition) is 8. The normalized spacial score (nSPS) is 17.0. The Bertz CT molecular complexity index is 2290. The Kier molecular flexibility index (Phi) is 10.4. The van der Waals surface area contributed by atoms with E-state index in [0.29, 0.717) is 54.4 Å². The molecule has 14 heteroatoms. The van der Waals surface area contributed by atoms with E-state index in [4.69, 9.17) is 19.6 Å². The number of carbonyl (C=O) groups is 2. The Morgan fingerprint density at radius 2 is 1.83 bits per heavy atom. The molecular formula is C40H41F3N6O4S. The lowest BCUT2D eigenvalue weighted by Crippen LogP contribution is -2.42. The van der Waals surface area contributed by atoms with Crippen LogP contribution in [-0.4, -0.2) is 95.3 Å². The third-order valence-electron chi connectivity index (χ3n) is 10.2. The van der Waals surface area contributed by atoms with Crippen molar-refractivity contribution in [1.82, 2.24) is 29.5 Å². The van der Waals surface area contributed by atoms with Gasteiger partial charge in [-0.05, 0) is 49.6 Å². The van der Waals surface area contributed by atoms with Crippen molar-refractivity contribution in [3.05, 3.63) is 88.7 Å². The second kappa shape index (κ2) is 15.0. The van der Waals surface area contributed by atoms with Crippen molar-refractivity contribution in [3.8, 4) is 39.5 Å². The minimum atomic E-state index is -0.954. The number of rotatable bonds is 10. The first-order valence-corrected chi connectivity index (χ1v) is 18.6. The molecule has 7 rings (SSSR count). The molecule has 5 heterocycles. The Labute approximate surface area is 315 Å². The van der Waals surface area contributed by atoms with Crippen LogP contribution in [0.1, 0.15) is 42.8 Å². The van der Waals surface area contributed by atoms with Crippen LogP contribution in [0.25, 0.3) is 43.9 Å². The molecule has 0 bridgehead atoms. The number of aromatic nitrogens is 3. The molecule has 0 spiro atoms. The van der Waals surface area contributed by atoms with Crippen LogP contribution in [0.15, 0.2) is 54.4 Å². The van der Waals surface area contributed by atoms with Crippen LogP contribution in [0.4, 0.5) is 13.2 Å². The molecule has 0 radical (unpaired) electrons. The number of amides is 2. The second-order valence-corrected chi connectivity index (χ2v) is 14.8. The molecule has 2 aliphatic heterocycles. The van der Waals surface area contributed by atoms with Crippen molar-refractivity contribution in [2.45, 2.75) is 38.9 Å². The number of pyridine rings is 1. The van der Waals surface area contributed by atoms with Gasteiger partial charge in [0.1, 0.15) is 41.2 Å². The standard InChI is InChI=1S/C40H41F3N6O4S/c1-7-33(50)48-18-22(2)49-31(23(48)3)17-30(45-49)39-37(35-28(42)15-27(41)16-32(35)53-13-12-52-6)36-29(43)21-54-40(36)38(44-39)25-8-9-26-19-47(11-10-24(26)14-25)20-34(51)46(4)5/h7-9,14-17,21-23H,1,10-13,18-20H2,2-6H3/t22-,23+/m0/s1. The second-order valence-electron chi connectivity index (χ2n) is 13.9. The predicted octanol–water partition coefficient (Wildman–Crippen LogP) is 7.03. The molecule has 3 aromatic heterocycles. The van der Waals surface area contributed by atoms with Crippen LogP contribution >= 0.6 is 11.3 Å². The molecule has 2 aliphatic rings. The van der Waals surface area contributed by atoms with Crippen molar-refractivity contribution in [1.29, 1.82) is 0 Å². The maximum absolute atomic E-state index is 16.4. The number of hydrogen-bond donors (Lipinski definition) is 0. The van der Waals surface area contributed by atoms with E-state index in [2.05, 4.69) is 11.5 Å². The highest BCUT2D eigenvalue weighted by molar-refractivity contribution is 7.17. The van der Waals surface area contributed by atoms with E-state index in [0.717, 1.165) is 40.2 Å². The molecule has 5 aromatic rings. The van der Waals surface area contributed by atoms with E-state index < -0.39 is 17.5 Å². The number of ether oxygens (including phenoxy) is 2. The first kappa shape index (κ1) is 37.3. The van der Waals surface area contributed by atoms with Crippen molar-refractivity contribution in [2.75, 3.05) is 54.1 Å². The predicted molar refractivity (Wildman–Crippen MR) is 202 cm³/mol. The summed E-state index contributed by atoms with van der Waals surface area (Å²) in [5, 5.41) is 6.42. The molecule has 0 saturated heterocycles. The van der Waals surface area contributed by atoms with Crippen molar-refractivity contribution < 1.29 is 32.2 Å². The highest BCUT2D eigenvalue weighted by atomic mass is 32.1. The quantitative estimate of drug-likeness (QED) is 0.112. The minimum Gasteiger partial charge on any atom is -0.490 e. The molecule has 2 amide bonds. The van der Waals surface area contributed by atoms with Crippen molar-refractivity contribution in [2.24, 2.45) is 0 Å². The Morgan fingerprint density at radius 3 is 2.57 bits per heavy atom. The molecule has 0 fully saturated rings. The molecule has 0 unspecified atom stereocenters. The summed E-state index contributed by atoms with van der Waals surface area (Å²) in [6.45, 7) is 9.60. The lowest BCUT2D eigenvalue weighted by molar-refractivity contribution is -0.130. The Hall–Kier alpha value is -5.05. The van der Waals surface area contributed by atoms with Gasteiger partial charge in [0.05, 0.1) is 46.9 Å². The summed E-state index contributed by atoms with van der Waals surface area (Å²) in [7, 11) is 4.97. The smallest absolute Gasteiger partial charge is 0.246 e. The summed E-state index contributed by atoms with van der Waals surface area (Å²) < 4.78 is 60.7.